The van der Waals surface area contributed by atoms with Gasteiger partial charge in [0.1, 0.15) is 18.5 Å². The van der Waals surface area contributed by atoms with E-state index in [0.717, 1.165) is 24.0 Å². The summed E-state index contributed by atoms with van der Waals surface area (Å²) in [5, 5.41) is 24.7. The largest absolute Gasteiger partial charge is 0.387 e. The van der Waals surface area contributed by atoms with Crippen molar-refractivity contribution in [1.29, 1.82) is 0 Å². The van der Waals surface area contributed by atoms with Gasteiger partial charge in [0.15, 0.2) is 23.2 Å². The minimum atomic E-state index is -1.11. The van der Waals surface area contributed by atoms with Gasteiger partial charge in [-0.2, -0.15) is 0 Å². The van der Waals surface area contributed by atoms with Crippen molar-refractivity contribution in [3.05, 3.63) is 48.0 Å². The smallest absolute Gasteiger partial charge is 0.167 e. The van der Waals surface area contributed by atoms with Crippen molar-refractivity contribution in [3.63, 3.8) is 0 Å². The Labute approximate surface area is 186 Å². The van der Waals surface area contributed by atoms with Crippen LogP contribution in [0.4, 0.5) is 5.82 Å². The Hall–Kier alpha value is -2.99. The molecule has 0 radical (unpaired) electrons. The molecule has 8 nitrogen and oxygen atoms in total. The van der Waals surface area contributed by atoms with Crippen LogP contribution in [0.1, 0.15) is 49.5 Å². The van der Waals surface area contributed by atoms with E-state index >= 15 is 0 Å². The third-order valence-electron chi connectivity index (χ3n) is 6.34. The topological polar surface area (TPSA) is 105 Å². The van der Waals surface area contributed by atoms with Crippen LogP contribution in [0, 0.1) is 18.8 Å². The number of nitrogens with one attached hydrogen (secondary N) is 1. The fourth-order valence-electron chi connectivity index (χ4n) is 4.49. The van der Waals surface area contributed by atoms with E-state index in [0.29, 0.717) is 29.4 Å². The lowest BCUT2D eigenvalue weighted by molar-refractivity contribution is -0.0332. The quantitative estimate of drug-likeness (QED) is 0.543. The highest BCUT2D eigenvalue weighted by atomic mass is 16.6. The predicted octanol–water partition coefficient (Wildman–Crippen LogP) is 2.55. The third-order valence-corrected chi connectivity index (χ3v) is 6.34. The van der Waals surface area contributed by atoms with Gasteiger partial charge in [-0.1, -0.05) is 42.9 Å². The molecule has 0 amide bonds. The van der Waals surface area contributed by atoms with Gasteiger partial charge in [0.25, 0.3) is 0 Å². The number of hydrogen-bond donors (Lipinski definition) is 3. The zero-order valence-electron chi connectivity index (χ0n) is 18.0. The molecule has 1 aliphatic heterocycles. The first-order valence-corrected chi connectivity index (χ1v) is 11.1. The van der Waals surface area contributed by atoms with Crippen LogP contribution in [0.5, 0.6) is 0 Å². The molecule has 1 saturated heterocycles. The van der Waals surface area contributed by atoms with Gasteiger partial charge < -0.3 is 20.3 Å². The normalized spacial score (nSPS) is 25.7. The van der Waals surface area contributed by atoms with E-state index in [9.17, 15) is 10.2 Å². The van der Waals surface area contributed by atoms with Crippen molar-refractivity contribution in [3.8, 4) is 11.8 Å². The molecule has 0 unspecified atom stereocenters. The number of anilines is 1. The Balaban J connectivity index is 1.34. The Morgan fingerprint density at radius 3 is 2.75 bits per heavy atom. The summed E-state index contributed by atoms with van der Waals surface area (Å²) in [6.45, 7) is 2.01. The van der Waals surface area contributed by atoms with E-state index < -0.39 is 24.5 Å². The van der Waals surface area contributed by atoms with Gasteiger partial charge in [0, 0.05) is 18.0 Å². The number of imidazole rings is 1. The second-order valence-corrected chi connectivity index (χ2v) is 8.54. The fourth-order valence-corrected chi connectivity index (χ4v) is 4.49. The molecular weight excluding hydrogens is 406 g/mol. The lowest BCUT2D eigenvalue weighted by Gasteiger charge is -2.17. The highest BCUT2D eigenvalue weighted by Crippen LogP contribution is 2.33. The van der Waals surface area contributed by atoms with E-state index in [1.165, 1.54) is 19.2 Å². The molecule has 1 aliphatic carbocycles. The molecule has 4 atom stereocenters. The molecular formula is C24H27N5O3. The Kier molecular flexibility index (Phi) is 5.79. The van der Waals surface area contributed by atoms with Crippen LogP contribution < -0.4 is 5.32 Å². The zero-order valence-corrected chi connectivity index (χ0v) is 18.0. The molecule has 0 spiro atoms. The number of aliphatic hydroxyl groups excluding tert-OH is 2. The summed E-state index contributed by atoms with van der Waals surface area (Å²) in [6, 6.07) is 8.27. The molecule has 32 heavy (non-hydrogen) atoms. The predicted molar refractivity (Wildman–Crippen MR) is 120 cm³/mol. The lowest BCUT2D eigenvalue weighted by Crippen LogP contribution is -2.31. The number of aromatic nitrogens is 4. The molecule has 3 heterocycles. The van der Waals surface area contributed by atoms with Crippen LogP contribution in [0.25, 0.3) is 11.2 Å². The van der Waals surface area contributed by atoms with Crippen molar-refractivity contribution in [2.75, 3.05) is 5.32 Å². The second-order valence-electron chi connectivity index (χ2n) is 8.54. The number of aliphatic hydroxyl groups is 2. The monoisotopic (exact) mass is 433 g/mol. The highest BCUT2D eigenvalue weighted by molar-refractivity contribution is 5.82. The molecule has 5 rings (SSSR count). The fraction of sp³-hybridized carbons (Fsp3) is 0.458. The van der Waals surface area contributed by atoms with Gasteiger partial charge in [-0.3, -0.25) is 4.57 Å². The van der Waals surface area contributed by atoms with Crippen LogP contribution in [-0.4, -0.2) is 54.1 Å². The first kappa shape index (κ1) is 20.9. The molecule has 2 fully saturated rings. The van der Waals surface area contributed by atoms with Crippen molar-refractivity contribution in [1.82, 2.24) is 19.5 Å². The van der Waals surface area contributed by atoms with Crippen LogP contribution in [0.3, 0.4) is 0 Å². The summed E-state index contributed by atoms with van der Waals surface area (Å²) >= 11 is 0. The van der Waals surface area contributed by atoms with Crippen LogP contribution in [0.15, 0.2) is 36.9 Å². The third kappa shape index (κ3) is 3.95. The minimum Gasteiger partial charge on any atom is -0.387 e. The number of rotatable bonds is 4. The van der Waals surface area contributed by atoms with Gasteiger partial charge in [0.05, 0.1) is 12.4 Å². The van der Waals surface area contributed by atoms with E-state index in [2.05, 4.69) is 32.1 Å². The lowest BCUT2D eigenvalue weighted by atomic mass is 10.1. The van der Waals surface area contributed by atoms with Crippen molar-refractivity contribution < 1.29 is 14.9 Å². The first-order valence-electron chi connectivity index (χ1n) is 11.1. The average molecular weight is 434 g/mol. The summed E-state index contributed by atoms with van der Waals surface area (Å²) in [5.74, 6) is 6.90. The number of fused-ring (bicyclic) bond motifs is 1. The van der Waals surface area contributed by atoms with Crippen molar-refractivity contribution in [2.45, 2.75) is 69.6 Å². The number of benzene rings is 1. The SMILES string of the molecule is Cc1ccccc1C#CC[C@H]1O[C@@H](n2cnc3c(NC4CCCC4)ncnc32)[C@H](O)[C@@H]1O. The van der Waals surface area contributed by atoms with Gasteiger partial charge in [-0.15, -0.1) is 0 Å². The second kappa shape index (κ2) is 8.87. The maximum atomic E-state index is 10.7. The molecule has 0 bridgehead atoms. The molecule has 166 valence electrons. The van der Waals surface area contributed by atoms with E-state index in [4.69, 9.17) is 4.74 Å². The van der Waals surface area contributed by atoms with Gasteiger partial charge in [-0.25, -0.2) is 15.0 Å². The van der Waals surface area contributed by atoms with Gasteiger partial charge in [0.2, 0.25) is 0 Å². The number of nitrogens with zero attached hydrogens (tertiary/aromatic N) is 4. The molecule has 3 N–H and O–H groups in total. The van der Waals surface area contributed by atoms with Crippen LogP contribution in [-0.2, 0) is 4.74 Å². The maximum Gasteiger partial charge on any atom is 0.167 e. The molecule has 3 aromatic rings. The molecule has 2 aliphatic rings. The van der Waals surface area contributed by atoms with E-state index in [1.54, 1.807) is 10.9 Å². The molecule has 8 heteroatoms. The number of aryl methyl sites for hydroxylation is 1. The van der Waals surface area contributed by atoms with Gasteiger partial charge in [-0.05, 0) is 31.4 Å². The summed E-state index contributed by atoms with van der Waals surface area (Å²) < 4.78 is 7.69. The Morgan fingerprint density at radius 2 is 1.94 bits per heavy atom. The van der Waals surface area contributed by atoms with Crippen molar-refractivity contribution >= 4 is 17.0 Å². The summed E-state index contributed by atoms with van der Waals surface area (Å²) in [7, 11) is 0. The first-order chi connectivity index (χ1) is 15.6. The molecule has 1 saturated carbocycles. The minimum absolute atomic E-state index is 0.305. The number of hydrogen-bond acceptors (Lipinski definition) is 7. The highest BCUT2D eigenvalue weighted by Gasteiger charge is 2.44. The maximum absolute atomic E-state index is 10.7. The van der Waals surface area contributed by atoms with Crippen molar-refractivity contribution in [2.24, 2.45) is 0 Å². The Bertz CT molecular complexity index is 1160. The summed E-state index contributed by atoms with van der Waals surface area (Å²) in [5.41, 5.74) is 3.23. The van der Waals surface area contributed by atoms with Crippen LogP contribution >= 0.6 is 0 Å². The standard InChI is InChI=1S/C24H27N5O3/c1-15-7-2-3-8-16(15)9-6-12-18-20(30)21(31)24(32-18)29-14-27-19-22(25-13-26-23(19)29)28-17-10-4-5-11-17/h2-3,7-8,13-14,17-18,20-21,24,30-31H,4-5,10-12H2,1H3,(H,25,26,28)/t18-,20-,21-,24-/m1/s1. The zero-order chi connectivity index (χ0) is 22.1. The van der Waals surface area contributed by atoms with Gasteiger partial charge >= 0.3 is 0 Å². The average Bonchev–Trinajstić information content (AvgIpc) is 3.52. The van der Waals surface area contributed by atoms with E-state index in [-0.39, 0.29) is 0 Å². The van der Waals surface area contributed by atoms with E-state index in [1.807, 2.05) is 31.2 Å². The summed E-state index contributed by atoms with van der Waals surface area (Å²) in [4.78, 5) is 13.2. The number of ether oxygens (including phenoxy) is 1. The Morgan fingerprint density at radius 1 is 1.12 bits per heavy atom. The molecule has 1 aromatic carbocycles. The summed E-state index contributed by atoms with van der Waals surface area (Å²) in [6.07, 6.45) is 4.48. The van der Waals surface area contributed by atoms with Crippen LogP contribution in [0.2, 0.25) is 0 Å². The molecule has 2 aromatic heterocycles.